The quantitative estimate of drug-likeness (QED) is 0.329. The Kier molecular flexibility index (Phi) is 11.8. The van der Waals surface area contributed by atoms with Gasteiger partial charge in [-0.2, -0.15) is 0 Å². The zero-order valence-corrected chi connectivity index (χ0v) is 16.1. The van der Waals surface area contributed by atoms with E-state index in [4.69, 9.17) is 4.74 Å². The van der Waals surface area contributed by atoms with Crippen LogP contribution in [0.5, 0.6) is 5.75 Å². The molecule has 25 heavy (non-hydrogen) atoms. The van der Waals surface area contributed by atoms with Crippen LogP contribution in [0.15, 0.2) is 24.3 Å². The molecule has 0 aromatic heterocycles. The van der Waals surface area contributed by atoms with Gasteiger partial charge in [0.15, 0.2) is 0 Å². The molecular weight excluding hydrogens is 312 g/mol. The second kappa shape index (κ2) is 13.7. The van der Waals surface area contributed by atoms with Crippen molar-refractivity contribution < 1.29 is 14.6 Å². The molecule has 3 nitrogen and oxygen atoms in total. The molecule has 0 amide bonds. The van der Waals surface area contributed by atoms with Crippen LogP contribution in [-0.4, -0.2) is 17.7 Å². The minimum atomic E-state index is -0.0750. The molecule has 1 unspecified atom stereocenters. The Morgan fingerprint density at radius 1 is 0.920 bits per heavy atom. The molecule has 1 rings (SSSR count). The second-order valence-electron chi connectivity index (χ2n) is 7.00. The highest BCUT2D eigenvalue weighted by Crippen LogP contribution is 2.19. The molecule has 0 aliphatic rings. The van der Waals surface area contributed by atoms with Crippen LogP contribution >= 0.6 is 0 Å². The number of carbonyl (C=O) groups excluding carboxylic acids is 1. The normalized spacial score (nSPS) is 12.1. The van der Waals surface area contributed by atoms with Gasteiger partial charge >= 0.3 is 5.97 Å². The van der Waals surface area contributed by atoms with Crippen molar-refractivity contribution in [2.24, 2.45) is 5.92 Å². The number of aromatic hydroxyl groups is 1. The summed E-state index contributed by atoms with van der Waals surface area (Å²) in [6.45, 7) is 4.92. The van der Waals surface area contributed by atoms with Crippen molar-refractivity contribution in [1.29, 1.82) is 0 Å². The zero-order chi connectivity index (χ0) is 18.3. The molecule has 1 atom stereocenters. The number of benzene rings is 1. The lowest BCUT2D eigenvalue weighted by Crippen LogP contribution is -2.20. The van der Waals surface area contributed by atoms with Crippen LogP contribution in [0.25, 0.3) is 0 Å². The molecule has 0 aliphatic carbocycles. The van der Waals surface area contributed by atoms with Crippen LogP contribution in [-0.2, 0) is 16.0 Å². The lowest BCUT2D eigenvalue weighted by molar-refractivity contribution is -0.149. The Balaban J connectivity index is 2.31. The maximum atomic E-state index is 12.4. The summed E-state index contributed by atoms with van der Waals surface area (Å²) in [5.41, 5.74) is 1.08. The summed E-state index contributed by atoms with van der Waals surface area (Å²) in [6.07, 6.45) is 12.2. The molecular formula is C22H36O3. The minimum absolute atomic E-state index is 0.0625. The topological polar surface area (TPSA) is 46.5 Å². The number of ether oxygens (including phenoxy) is 1. The van der Waals surface area contributed by atoms with Gasteiger partial charge in [-0.25, -0.2) is 0 Å². The summed E-state index contributed by atoms with van der Waals surface area (Å²) in [6, 6.07) is 7.13. The first-order chi connectivity index (χ1) is 12.2. The van der Waals surface area contributed by atoms with E-state index in [-0.39, 0.29) is 17.6 Å². The largest absolute Gasteiger partial charge is 0.508 e. The first-order valence-electron chi connectivity index (χ1n) is 10.1. The van der Waals surface area contributed by atoms with E-state index in [2.05, 4.69) is 13.8 Å². The van der Waals surface area contributed by atoms with Crippen LogP contribution in [0.3, 0.4) is 0 Å². The first kappa shape index (κ1) is 21.5. The van der Waals surface area contributed by atoms with Gasteiger partial charge in [0, 0.05) is 0 Å². The van der Waals surface area contributed by atoms with E-state index in [0.29, 0.717) is 13.0 Å². The van der Waals surface area contributed by atoms with Gasteiger partial charge in [-0.3, -0.25) is 4.79 Å². The van der Waals surface area contributed by atoms with E-state index in [1.807, 2.05) is 12.1 Å². The number of rotatable bonds is 14. The average molecular weight is 349 g/mol. The molecule has 0 bridgehead atoms. The van der Waals surface area contributed by atoms with Crippen LogP contribution in [0.4, 0.5) is 0 Å². The van der Waals surface area contributed by atoms with Gasteiger partial charge in [0.05, 0.1) is 12.5 Å². The predicted octanol–water partition coefficient (Wildman–Crippen LogP) is 6.03. The lowest BCUT2D eigenvalue weighted by Gasteiger charge is -2.16. The van der Waals surface area contributed by atoms with E-state index in [0.717, 1.165) is 37.7 Å². The van der Waals surface area contributed by atoms with Crippen molar-refractivity contribution in [2.45, 2.75) is 84.5 Å². The maximum absolute atomic E-state index is 12.4. The monoisotopic (exact) mass is 348 g/mol. The van der Waals surface area contributed by atoms with Crippen molar-refractivity contribution in [1.82, 2.24) is 0 Å². The van der Waals surface area contributed by atoms with Crippen LogP contribution in [0.1, 0.15) is 83.6 Å². The Labute approximate surface area is 153 Å². The summed E-state index contributed by atoms with van der Waals surface area (Å²) in [4.78, 5) is 12.4. The highest BCUT2D eigenvalue weighted by molar-refractivity contribution is 5.72. The summed E-state index contributed by atoms with van der Waals surface area (Å²) in [7, 11) is 0. The second-order valence-corrected chi connectivity index (χ2v) is 7.00. The number of unbranched alkanes of at least 4 members (excludes halogenated alkanes) is 7. The molecule has 0 spiro atoms. The van der Waals surface area contributed by atoms with Crippen LogP contribution < -0.4 is 0 Å². The fourth-order valence-corrected chi connectivity index (χ4v) is 3.02. The maximum Gasteiger partial charge on any atom is 0.309 e. The SMILES string of the molecule is CCCCCCCCCOC(=O)C(CCCC)Cc1ccc(O)cc1. The standard InChI is InChI=1S/C22H36O3/c1-3-5-7-8-9-10-11-17-25-22(24)20(12-6-4-2)18-19-13-15-21(23)16-14-19/h13-16,20,23H,3-12,17-18H2,1-2H3. The smallest absolute Gasteiger partial charge is 0.309 e. The Hall–Kier alpha value is -1.51. The summed E-state index contributed by atoms with van der Waals surface area (Å²) >= 11 is 0. The Morgan fingerprint density at radius 3 is 2.16 bits per heavy atom. The van der Waals surface area contributed by atoms with E-state index in [1.165, 1.54) is 32.1 Å². The van der Waals surface area contributed by atoms with Gasteiger partial charge in [0.2, 0.25) is 0 Å². The highest BCUT2D eigenvalue weighted by Gasteiger charge is 2.20. The molecule has 0 saturated heterocycles. The van der Waals surface area contributed by atoms with Gasteiger partial charge in [-0.1, -0.05) is 77.3 Å². The van der Waals surface area contributed by atoms with Gasteiger partial charge in [-0.05, 0) is 37.0 Å². The predicted molar refractivity (Wildman–Crippen MR) is 104 cm³/mol. The van der Waals surface area contributed by atoms with Crippen molar-refractivity contribution in [3.8, 4) is 5.75 Å². The van der Waals surface area contributed by atoms with Crippen molar-refractivity contribution >= 4 is 5.97 Å². The molecule has 0 saturated carbocycles. The van der Waals surface area contributed by atoms with E-state index >= 15 is 0 Å². The summed E-state index contributed by atoms with van der Waals surface area (Å²) in [5, 5.41) is 9.38. The summed E-state index contributed by atoms with van der Waals surface area (Å²) in [5.74, 6) is 0.122. The van der Waals surface area contributed by atoms with E-state index < -0.39 is 0 Å². The third-order valence-corrected chi connectivity index (χ3v) is 4.65. The van der Waals surface area contributed by atoms with Gasteiger partial charge in [-0.15, -0.1) is 0 Å². The van der Waals surface area contributed by atoms with Crippen molar-refractivity contribution in [3.63, 3.8) is 0 Å². The van der Waals surface area contributed by atoms with E-state index in [9.17, 15) is 9.90 Å². The fourth-order valence-electron chi connectivity index (χ4n) is 3.02. The summed E-state index contributed by atoms with van der Waals surface area (Å²) < 4.78 is 5.54. The van der Waals surface area contributed by atoms with Gasteiger partial charge < -0.3 is 9.84 Å². The van der Waals surface area contributed by atoms with Gasteiger partial charge in [0.1, 0.15) is 5.75 Å². The molecule has 1 N–H and O–H groups in total. The Bertz CT molecular complexity index is 453. The molecule has 0 aliphatic heterocycles. The van der Waals surface area contributed by atoms with Gasteiger partial charge in [0.25, 0.3) is 0 Å². The van der Waals surface area contributed by atoms with Crippen molar-refractivity contribution in [3.05, 3.63) is 29.8 Å². The molecule has 3 heteroatoms. The zero-order valence-electron chi connectivity index (χ0n) is 16.1. The number of hydrogen-bond acceptors (Lipinski definition) is 3. The number of phenols is 1. The van der Waals surface area contributed by atoms with E-state index in [1.54, 1.807) is 12.1 Å². The van der Waals surface area contributed by atoms with Crippen molar-refractivity contribution in [2.75, 3.05) is 6.61 Å². The number of phenolic OH excluding ortho intramolecular Hbond substituents is 1. The van der Waals surface area contributed by atoms with Crippen LogP contribution in [0.2, 0.25) is 0 Å². The Morgan fingerprint density at radius 2 is 1.52 bits per heavy atom. The molecule has 1 aromatic carbocycles. The molecule has 0 fully saturated rings. The molecule has 142 valence electrons. The van der Waals surface area contributed by atoms with Crippen LogP contribution in [0, 0.1) is 5.92 Å². The fraction of sp³-hybridized carbons (Fsp3) is 0.682. The average Bonchev–Trinajstić information content (AvgIpc) is 2.62. The first-order valence-corrected chi connectivity index (χ1v) is 10.1. The minimum Gasteiger partial charge on any atom is -0.508 e. The molecule has 0 heterocycles. The lowest BCUT2D eigenvalue weighted by atomic mass is 9.94. The molecule has 1 aromatic rings. The third-order valence-electron chi connectivity index (χ3n) is 4.65. The third kappa shape index (κ3) is 10.2. The number of hydrogen-bond donors (Lipinski definition) is 1. The highest BCUT2D eigenvalue weighted by atomic mass is 16.5. The number of esters is 1. The number of carbonyl (C=O) groups is 1. The molecule has 0 radical (unpaired) electrons.